The van der Waals surface area contributed by atoms with Crippen LogP contribution in [0.1, 0.15) is 17.5 Å². The van der Waals surface area contributed by atoms with Crippen LogP contribution >= 0.6 is 0 Å². The van der Waals surface area contributed by atoms with E-state index in [4.69, 9.17) is 13.9 Å². The van der Waals surface area contributed by atoms with E-state index in [9.17, 15) is 4.79 Å². The molecule has 0 radical (unpaired) electrons. The molecule has 0 spiro atoms. The summed E-state index contributed by atoms with van der Waals surface area (Å²) in [7, 11) is 0. The Morgan fingerprint density at radius 1 is 1.24 bits per heavy atom. The topological polar surface area (TPSA) is 51.9 Å². The molecule has 110 valence electrons. The summed E-state index contributed by atoms with van der Waals surface area (Å²) in [5.74, 6) is 1.14. The van der Waals surface area contributed by atoms with Crippen molar-refractivity contribution < 1.29 is 18.7 Å². The molecular formula is C16H17NO4. The summed E-state index contributed by atoms with van der Waals surface area (Å²) in [5.41, 5.74) is 0. The maximum Gasteiger partial charge on any atom is 0.290 e. The molecule has 0 bridgehead atoms. The van der Waals surface area contributed by atoms with Gasteiger partial charge in [-0.3, -0.25) is 4.79 Å². The Kier molecular flexibility index (Phi) is 3.92. The van der Waals surface area contributed by atoms with Crippen LogP contribution in [0, 0.1) is 0 Å². The molecule has 1 aromatic carbocycles. The zero-order valence-corrected chi connectivity index (χ0v) is 11.8. The lowest BCUT2D eigenvalue weighted by atomic mass is 10.3. The molecule has 1 aliphatic rings. The number of rotatable bonds is 3. The first-order valence-corrected chi connectivity index (χ1v) is 6.96. The number of ether oxygens (including phenoxy) is 2. The largest absolute Gasteiger partial charge is 0.426 e. The van der Waals surface area contributed by atoms with Gasteiger partial charge in [0, 0.05) is 19.2 Å². The summed E-state index contributed by atoms with van der Waals surface area (Å²) < 4.78 is 16.5. The van der Waals surface area contributed by atoms with Crippen molar-refractivity contribution in [2.45, 2.75) is 13.0 Å². The lowest BCUT2D eigenvalue weighted by Crippen LogP contribution is -2.44. The maximum absolute atomic E-state index is 12.3. The minimum absolute atomic E-state index is 0.0534. The molecule has 2 heterocycles. The van der Waals surface area contributed by atoms with Gasteiger partial charge in [0.2, 0.25) is 0 Å². The predicted molar refractivity (Wildman–Crippen MR) is 76.5 cm³/mol. The molecule has 0 aliphatic carbocycles. The Morgan fingerprint density at radius 3 is 2.81 bits per heavy atom. The van der Waals surface area contributed by atoms with E-state index >= 15 is 0 Å². The van der Waals surface area contributed by atoms with Gasteiger partial charge in [-0.1, -0.05) is 18.2 Å². The van der Waals surface area contributed by atoms with Crippen molar-refractivity contribution in [2.75, 3.05) is 19.7 Å². The van der Waals surface area contributed by atoms with Crippen LogP contribution in [-0.2, 0) is 4.74 Å². The van der Waals surface area contributed by atoms with Gasteiger partial charge in [0.15, 0.2) is 5.76 Å². The van der Waals surface area contributed by atoms with Gasteiger partial charge >= 0.3 is 0 Å². The Hall–Kier alpha value is -2.27. The van der Waals surface area contributed by atoms with E-state index in [1.807, 2.05) is 37.3 Å². The Morgan fingerprint density at radius 2 is 2.05 bits per heavy atom. The quantitative estimate of drug-likeness (QED) is 0.871. The molecule has 21 heavy (non-hydrogen) atoms. The molecule has 0 saturated carbocycles. The zero-order valence-electron chi connectivity index (χ0n) is 11.8. The van der Waals surface area contributed by atoms with Crippen LogP contribution in [0.5, 0.6) is 11.7 Å². The maximum atomic E-state index is 12.3. The first-order valence-electron chi connectivity index (χ1n) is 6.96. The summed E-state index contributed by atoms with van der Waals surface area (Å²) in [6, 6.07) is 12.6. The monoisotopic (exact) mass is 287 g/mol. The number of benzene rings is 1. The van der Waals surface area contributed by atoms with Crippen molar-refractivity contribution >= 4 is 5.91 Å². The summed E-state index contributed by atoms with van der Waals surface area (Å²) in [6.45, 7) is 3.67. The Bertz CT molecular complexity index is 608. The smallest absolute Gasteiger partial charge is 0.290 e. The van der Waals surface area contributed by atoms with E-state index in [0.29, 0.717) is 31.4 Å². The fourth-order valence-electron chi connectivity index (χ4n) is 2.25. The summed E-state index contributed by atoms with van der Waals surface area (Å²) in [4.78, 5) is 14.1. The summed E-state index contributed by atoms with van der Waals surface area (Å²) in [5, 5.41) is 0. The lowest BCUT2D eigenvalue weighted by molar-refractivity contribution is -0.0135. The van der Waals surface area contributed by atoms with Gasteiger partial charge in [-0.15, -0.1) is 0 Å². The third-order valence-electron chi connectivity index (χ3n) is 3.28. The van der Waals surface area contributed by atoms with E-state index in [0.717, 1.165) is 0 Å². The molecule has 2 aromatic rings. The van der Waals surface area contributed by atoms with Crippen molar-refractivity contribution in [3.63, 3.8) is 0 Å². The zero-order chi connectivity index (χ0) is 14.7. The minimum Gasteiger partial charge on any atom is -0.426 e. The van der Waals surface area contributed by atoms with Gasteiger partial charge in [-0.25, -0.2) is 0 Å². The van der Waals surface area contributed by atoms with Crippen molar-refractivity contribution in [3.05, 3.63) is 48.2 Å². The fraction of sp³-hybridized carbons (Fsp3) is 0.312. The van der Waals surface area contributed by atoms with Crippen molar-refractivity contribution in [1.29, 1.82) is 0 Å². The molecule has 1 amide bonds. The van der Waals surface area contributed by atoms with Crippen LogP contribution in [0.3, 0.4) is 0 Å². The number of para-hydroxylation sites is 1. The van der Waals surface area contributed by atoms with Gasteiger partial charge in [-0.2, -0.15) is 0 Å². The van der Waals surface area contributed by atoms with Gasteiger partial charge in [-0.05, 0) is 25.1 Å². The highest BCUT2D eigenvalue weighted by Crippen LogP contribution is 2.24. The number of carbonyl (C=O) groups is 1. The van der Waals surface area contributed by atoms with E-state index in [2.05, 4.69) is 0 Å². The van der Waals surface area contributed by atoms with Crippen molar-refractivity contribution in [1.82, 2.24) is 4.90 Å². The lowest BCUT2D eigenvalue weighted by Gasteiger charge is -2.30. The molecule has 1 fully saturated rings. The van der Waals surface area contributed by atoms with Crippen LogP contribution in [-0.4, -0.2) is 36.6 Å². The first-order chi connectivity index (χ1) is 10.2. The average Bonchev–Trinajstić information content (AvgIpc) is 2.96. The molecule has 5 nitrogen and oxygen atoms in total. The molecule has 0 N–H and O–H groups in total. The van der Waals surface area contributed by atoms with E-state index in [1.165, 1.54) is 0 Å². The van der Waals surface area contributed by atoms with E-state index in [-0.39, 0.29) is 17.8 Å². The number of amides is 1. The first kappa shape index (κ1) is 13.7. The Labute approximate surface area is 123 Å². The van der Waals surface area contributed by atoms with Crippen LogP contribution in [0.2, 0.25) is 0 Å². The number of hydrogen-bond donors (Lipinski definition) is 0. The molecule has 5 heteroatoms. The van der Waals surface area contributed by atoms with Crippen molar-refractivity contribution in [3.8, 4) is 11.7 Å². The van der Waals surface area contributed by atoms with Crippen LogP contribution in [0.15, 0.2) is 46.9 Å². The molecule has 1 aromatic heterocycles. The second-order valence-corrected chi connectivity index (χ2v) is 4.97. The second-order valence-electron chi connectivity index (χ2n) is 4.97. The molecule has 1 aliphatic heterocycles. The highest BCUT2D eigenvalue weighted by Gasteiger charge is 2.24. The number of carbonyl (C=O) groups excluding carboxylic acids is 1. The number of morpholine rings is 1. The molecule has 3 rings (SSSR count). The normalized spacial score (nSPS) is 18.5. The Balaban J connectivity index is 1.68. The highest BCUT2D eigenvalue weighted by molar-refractivity contribution is 5.91. The summed E-state index contributed by atoms with van der Waals surface area (Å²) in [6.07, 6.45) is 0.0534. The number of hydrogen-bond acceptors (Lipinski definition) is 4. The predicted octanol–water partition coefficient (Wildman–Crippen LogP) is 2.93. The highest BCUT2D eigenvalue weighted by atomic mass is 16.6. The second kappa shape index (κ2) is 6.01. The molecule has 1 saturated heterocycles. The van der Waals surface area contributed by atoms with Gasteiger partial charge in [0.25, 0.3) is 11.9 Å². The standard InChI is InChI=1S/C16H17NO4/c1-12-11-17(9-10-19-12)16(18)14-7-8-15(21-14)20-13-5-3-2-4-6-13/h2-8,12H,9-11H2,1H3. The van der Waals surface area contributed by atoms with Gasteiger partial charge in [0.1, 0.15) is 5.75 Å². The van der Waals surface area contributed by atoms with E-state index in [1.54, 1.807) is 17.0 Å². The van der Waals surface area contributed by atoms with E-state index < -0.39 is 0 Å². The van der Waals surface area contributed by atoms with Gasteiger partial charge < -0.3 is 18.8 Å². The van der Waals surface area contributed by atoms with Crippen LogP contribution in [0.4, 0.5) is 0 Å². The third kappa shape index (κ3) is 3.25. The third-order valence-corrected chi connectivity index (χ3v) is 3.28. The molecular weight excluding hydrogens is 270 g/mol. The minimum atomic E-state index is -0.131. The average molecular weight is 287 g/mol. The molecule has 1 unspecified atom stereocenters. The summed E-state index contributed by atoms with van der Waals surface area (Å²) >= 11 is 0. The van der Waals surface area contributed by atoms with Crippen molar-refractivity contribution in [2.24, 2.45) is 0 Å². The molecule has 1 atom stereocenters. The van der Waals surface area contributed by atoms with Crippen LogP contribution in [0.25, 0.3) is 0 Å². The van der Waals surface area contributed by atoms with Gasteiger partial charge in [0.05, 0.1) is 12.7 Å². The SMILES string of the molecule is CC1CN(C(=O)c2ccc(Oc3ccccc3)o2)CCO1. The van der Waals surface area contributed by atoms with Crippen LogP contribution < -0.4 is 4.74 Å². The number of nitrogens with zero attached hydrogens (tertiary/aromatic N) is 1. The number of furan rings is 1. The fourth-order valence-corrected chi connectivity index (χ4v) is 2.25.